The van der Waals surface area contributed by atoms with Gasteiger partial charge >= 0.3 is 0 Å². The van der Waals surface area contributed by atoms with Gasteiger partial charge in [0.1, 0.15) is 11.5 Å². The van der Waals surface area contributed by atoms with E-state index in [1.54, 1.807) is 6.26 Å². The largest absolute Gasteiger partial charge is 0.354 e. The number of pyridine rings is 1. The Balaban J connectivity index is 1.59. The van der Waals surface area contributed by atoms with E-state index >= 15 is 0 Å². The van der Waals surface area contributed by atoms with Crippen LogP contribution in [0.2, 0.25) is 0 Å². The lowest BCUT2D eigenvalue weighted by molar-refractivity contribution is 0.411. The molecule has 1 aromatic carbocycles. The zero-order valence-corrected chi connectivity index (χ0v) is 14.3. The van der Waals surface area contributed by atoms with Crippen LogP contribution in [0.5, 0.6) is 0 Å². The predicted molar refractivity (Wildman–Crippen MR) is 97.2 cm³/mol. The van der Waals surface area contributed by atoms with Crippen molar-refractivity contribution in [2.75, 3.05) is 37.3 Å². The summed E-state index contributed by atoms with van der Waals surface area (Å²) in [5.74, 6) is 1.72. The van der Waals surface area contributed by atoms with Gasteiger partial charge in [0.25, 0.3) is 0 Å². The average Bonchev–Trinajstić information content (AvgIpc) is 3.06. The Kier molecular flexibility index (Phi) is 4.03. The Bertz CT molecular complexity index is 852. The van der Waals surface area contributed by atoms with Crippen LogP contribution in [0.25, 0.3) is 22.6 Å². The molecule has 2 aromatic heterocycles. The first-order valence-corrected chi connectivity index (χ1v) is 9.48. The number of anilines is 1. The number of fused-ring (bicyclic) bond motifs is 1. The van der Waals surface area contributed by atoms with Gasteiger partial charge in [-0.1, -0.05) is 18.2 Å². The summed E-state index contributed by atoms with van der Waals surface area (Å²) < 4.78 is 13.5. The van der Waals surface area contributed by atoms with Gasteiger partial charge in [-0.3, -0.25) is 0 Å². The van der Waals surface area contributed by atoms with Crippen LogP contribution in [0.4, 0.5) is 5.82 Å². The van der Waals surface area contributed by atoms with Gasteiger partial charge in [0.2, 0.25) is 0 Å². The van der Waals surface area contributed by atoms with Crippen molar-refractivity contribution < 1.29 is 4.21 Å². The van der Waals surface area contributed by atoms with Crippen molar-refractivity contribution in [3.8, 4) is 11.5 Å². The minimum Gasteiger partial charge on any atom is -0.354 e. The molecule has 3 aromatic rings. The number of piperazine rings is 1. The van der Waals surface area contributed by atoms with Crippen molar-refractivity contribution in [2.45, 2.75) is 0 Å². The van der Waals surface area contributed by atoms with E-state index in [2.05, 4.69) is 14.9 Å². The van der Waals surface area contributed by atoms with E-state index < -0.39 is 11.0 Å². The van der Waals surface area contributed by atoms with Crippen LogP contribution < -0.4 is 4.90 Å². The highest BCUT2D eigenvalue weighted by Crippen LogP contribution is 2.22. The van der Waals surface area contributed by atoms with Crippen molar-refractivity contribution >= 4 is 27.8 Å². The van der Waals surface area contributed by atoms with Gasteiger partial charge in [-0.15, -0.1) is 0 Å². The van der Waals surface area contributed by atoms with Gasteiger partial charge in [-0.05, 0) is 24.3 Å². The van der Waals surface area contributed by atoms with Crippen molar-refractivity contribution in [3.63, 3.8) is 0 Å². The molecule has 0 aliphatic carbocycles. The van der Waals surface area contributed by atoms with E-state index in [0.717, 1.165) is 54.5 Å². The SMILES string of the molecule is CS(=O)N1CCN(c2cccc(-c3nc4ccccc4[nH]3)n2)CC1. The fraction of sp³-hybridized carbons (Fsp3) is 0.294. The molecule has 0 spiro atoms. The second-order valence-electron chi connectivity index (χ2n) is 5.82. The number of imidazole rings is 1. The van der Waals surface area contributed by atoms with Crippen LogP contribution in [0, 0.1) is 0 Å². The summed E-state index contributed by atoms with van der Waals surface area (Å²) in [5.41, 5.74) is 2.79. The molecule has 0 bridgehead atoms. The van der Waals surface area contributed by atoms with E-state index in [9.17, 15) is 4.21 Å². The highest BCUT2D eigenvalue weighted by molar-refractivity contribution is 7.81. The van der Waals surface area contributed by atoms with Crippen LogP contribution in [0.3, 0.4) is 0 Å². The summed E-state index contributed by atoms with van der Waals surface area (Å²) in [6, 6.07) is 14.0. The first-order valence-electron chi connectivity index (χ1n) is 7.96. The van der Waals surface area contributed by atoms with Crippen LogP contribution in [0.15, 0.2) is 42.5 Å². The van der Waals surface area contributed by atoms with E-state index in [1.807, 2.05) is 46.8 Å². The van der Waals surface area contributed by atoms with Crippen LogP contribution in [-0.2, 0) is 11.0 Å². The lowest BCUT2D eigenvalue weighted by Crippen LogP contribution is -2.47. The third-order valence-corrected chi connectivity index (χ3v) is 5.38. The quantitative estimate of drug-likeness (QED) is 0.792. The van der Waals surface area contributed by atoms with Crippen molar-refractivity contribution in [3.05, 3.63) is 42.5 Å². The summed E-state index contributed by atoms with van der Waals surface area (Å²) in [6.45, 7) is 3.24. The first kappa shape index (κ1) is 15.3. The Labute approximate surface area is 143 Å². The summed E-state index contributed by atoms with van der Waals surface area (Å²) in [5, 5.41) is 0. The van der Waals surface area contributed by atoms with Crippen molar-refractivity contribution in [2.24, 2.45) is 0 Å². The van der Waals surface area contributed by atoms with E-state index in [1.165, 1.54) is 0 Å². The van der Waals surface area contributed by atoms with E-state index in [4.69, 9.17) is 4.98 Å². The molecule has 24 heavy (non-hydrogen) atoms. The molecule has 0 radical (unpaired) electrons. The van der Waals surface area contributed by atoms with Crippen LogP contribution in [0.1, 0.15) is 0 Å². The predicted octanol–water partition coefficient (Wildman–Crippen LogP) is 2.04. The Hall–Kier alpha value is -2.25. The molecule has 0 amide bonds. The monoisotopic (exact) mass is 341 g/mol. The number of hydrogen-bond acceptors (Lipinski definition) is 4. The standard InChI is InChI=1S/C17H19N5OS/c1-24(23)22-11-9-21(10-12-22)16-8-4-7-15(18-16)17-19-13-5-2-3-6-14(13)20-17/h2-8H,9-12H2,1H3,(H,19,20). The zero-order chi connectivity index (χ0) is 16.5. The number of H-pyrrole nitrogens is 1. The van der Waals surface area contributed by atoms with Gasteiger partial charge in [0.15, 0.2) is 5.82 Å². The molecule has 4 rings (SSSR count). The molecule has 3 heterocycles. The smallest absolute Gasteiger partial charge is 0.157 e. The highest BCUT2D eigenvalue weighted by Gasteiger charge is 2.20. The summed E-state index contributed by atoms with van der Waals surface area (Å²) in [4.78, 5) is 14.9. The number of nitrogens with one attached hydrogen (secondary N) is 1. The Morgan fingerprint density at radius 3 is 2.54 bits per heavy atom. The van der Waals surface area contributed by atoms with Gasteiger partial charge in [0.05, 0.1) is 22.0 Å². The fourth-order valence-corrected chi connectivity index (χ4v) is 3.66. The molecule has 1 N–H and O–H groups in total. The maximum atomic E-state index is 11.6. The molecular formula is C17H19N5OS. The molecule has 1 aliphatic heterocycles. The van der Waals surface area contributed by atoms with Gasteiger partial charge < -0.3 is 9.88 Å². The third kappa shape index (κ3) is 2.92. The molecule has 1 aliphatic rings. The maximum Gasteiger partial charge on any atom is 0.157 e. The van der Waals surface area contributed by atoms with Gasteiger partial charge in [-0.25, -0.2) is 18.5 Å². The molecule has 6 nitrogen and oxygen atoms in total. The Morgan fingerprint density at radius 1 is 1.00 bits per heavy atom. The minimum absolute atomic E-state index is 0.784. The van der Waals surface area contributed by atoms with E-state index in [0.29, 0.717) is 0 Å². The lowest BCUT2D eigenvalue weighted by atomic mass is 10.3. The molecule has 1 saturated heterocycles. The molecular weight excluding hydrogens is 322 g/mol. The third-order valence-electron chi connectivity index (χ3n) is 4.29. The molecule has 1 atom stereocenters. The minimum atomic E-state index is -0.895. The van der Waals surface area contributed by atoms with Crippen LogP contribution in [-0.4, -0.2) is 55.9 Å². The number of rotatable bonds is 3. The number of aromatic nitrogens is 3. The molecule has 0 saturated carbocycles. The van der Waals surface area contributed by atoms with Gasteiger partial charge in [-0.2, -0.15) is 0 Å². The zero-order valence-electron chi connectivity index (χ0n) is 13.5. The number of hydrogen-bond donors (Lipinski definition) is 1. The second-order valence-corrected chi connectivity index (χ2v) is 7.19. The number of benzene rings is 1. The molecule has 1 unspecified atom stereocenters. The summed E-state index contributed by atoms with van der Waals surface area (Å²) in [6.07, 6.45) is 1.73. The lowest BCUT2D eigenvalue weighted by Gasteiger charge is -2.33. The van der Waals surface area contributed by atoms with Gasteiger partial charge in [0, 0.05) is 32.4 Å². The van der Waals surface area contributed by atoms with Crippen molar-refractivity contribution in [1.82, 2.24) is 19.3 Å². The highest BCUT2D eigenvalue weighted by atomic mass is 32.2. The van der Waals surface area contributed by atoms with E-state index in [-0.39, 0.29) is 0 Å². The number of aromatic amines is 1. The van der Waals surface area contributed by atoms with Crippen LogP contribution >= 0.6 is 0 Å². The molecule has 7 heteroatoms. The summed E-state index contributed by atoms with van der Waals surface area (Å²) in [7, 11) is -0.895. The summed E-state index contributed by atoms with van der Waals surface area (Å²) >= 11 is 0. The number of nitrogens with zero attached hydrogens (tertiary/aromatic N) is 4. The normalized spacial score (nSPS) is 17.3. The number of para-hydroxylation sites is 2. The van der Waals surface area contributed by atoms with Crippen molar-refractivity contribution in [1.29, 1.82) is 0 Å². The fourth-order valence-electron chi connectivity index (χ4n) is 2.98. The molecule has 124 valence electrons. The first-order chi connectivity index (χ1) is 11.7. The second kappa shape index (κ2) is 6.33. The topological polar surface area (TPSA) is 65.1 Å². The maximum absolute atomic E-state index is 11.6. The average molecular weight is 341 g/mol. The Morgan fingerprint density at radius 2 is 1.79 bits per heavy atom. The molecule has 1 fully saturated rings.